The lowest BCUT2D eigenvalue weighted by Gasteiger charge is -2.23. The summed E-state index contributed by atoms with van der Waals surface area (Å²) in [6.45, 7) is 12.3. The molecule has 53 heavy (non-hydrogen) atoms. The lowest BCUT2D eigenvalue weighted by Crippen LogP contribution is -2.38. The van der Waals surface area contributed by atoms with Gasteiger partial charge in [0.2, 0.25) is 0 Å². The first-order chi connectivity index (χ1) is 24.4. The maximum Gasteiger partial charge on any atom is 0.394 e. The Kier molecular flexibility index (Phi) is 22.3. The van der Waals surface area contributed by atoms with Gasteiger partial charge < -0.3 is 61.0 Å². The van der Waals surface area contributed by atoms with Crippen molar-refractivity contribution >= 4 is 10.4 Å². The molecule has 3 rings (SSSR count). The van der Waals surface area contributed by atoms with Crippen molar-refractivity contribution in [2.24, 2.45) is 0 Å². The van der Waals surface area contributed by atoms with Crippen molar-refractivity contribution in [3.05, 3.63) is 82.9 Å². The molecule has 0 heterocycles. The summed E-state index contributed by atoms with van der Waals surface area (Å²) in [4.78, 5) is 0. The average molecular weight is 775 g/mol. The van der Waals surface area contributed by atoms with Gasteiger partial charge in [0.05, 0.1) is 39.1 Å². The zero-order chi connectivity index (χ0) is 41.0. The van der Waals surface area contributed by atoms with E-state index in [4.69, 9.17) is 47.4 Å². The highest BCUT2D eigenvalue weighted by atomic mass is 32.3. The molecule has 0 bridgehead atoms. The van der Waals surface area contributed by atoms with Crippen LogP contribution in [0.5, 0.6) is 23.0 Å². The first-order valence-corrected chi connectivity index (χ1v) is 17.8. The van der Waals surface area contributed by atoms with Crippen LogP contribution in [0.15, 0.2) is 60.7 Å². The highest BCUT2D eigenvalue weighted by Crippen LogP contribution is 2.26. The number of rotatable bonds is 13. The third-order valence-electron chi connectivity index (χ3n) is 6.68. The van der Waals surface area contributed by atoms with E-state index in [1.54, 1.807) is 43.5 Å². The molecular formula is C36H58N2O14S. The van der Waals surface area contributed by atoms with E-state index in [9.17, 15) is 20.4 Å². The Labute approximate surface area is 311 Å². The second-order valence-corrected chi connectivity index (χ2v) is 14.5. The molecule has 3 aromatic carbocycles. The van der Waals surface area contributed by atoms with Crippen molar-refractivity contribution in [2.75, 3.05) is 33.4 Å². The largest absolute Gasteiger partial charge is 0.508 e. The van der Waals surface area contributed by atoms with Crippen LogP contribution in [0.4, 0.5) is 0 Å². The second kappa shape index (κ2) is 23.9. The number of β-amino-alcohol motifs (C(OH)–C–C–N with tert-alkyl or cyclic N) is 2. The highest BCUT2D eigenvalue weighted by molar-refractivity contribution is 7.79. The van der Waals surface area contributed by atoms with Crippen molar-refractivity contribution in [1.29, 1.82) is 0 Å². The molecule has 16 nitrogen and oxygen atoms in total. The molecule has 0 aliphatic rings. The summed E-state index contributed by atoms with van der Waals surface area (Å²) in [6, 6.07) is 16.7. The smallest absolute Gasteiger partial charge is 0.394 e. The second-order valence-electron chi connectivity index (χ2n) is 13.6. The van der Waals surface area contributed by atoms with Gasteiger partial charge in [-0.1, -0.05) is 24.3 Å². The number of para-hydroxylation sites is 2. The SMILES string of the molecule is CC(C)(C)NCC(O)c1ccc(O)c(CO)c1.CC(C)(C)NCC(O)c1ccc(O)c(CO)c1.COc1ccccc1OCC(O)CO.O=S(=O)(O)O. The molecule has 0 aliphatic carbocycles. The fraction of sp³-hybridized carbons (Fsp3) is 0.500. The molecule has 0 spiro atoms. The molecule has 3 atom stereocenters. The average Bonchev–Trinajstić information content (AvgIpc) is 3.08. The van der Waals surface area contributed by atoms with Crippen LogP contribution in [-0.4, -0.2) is 109 Å². The first-order valence-electron chi connectivity index (χ1n) is 16.4. The topological polar surface area (TPSA) is 279 Å². The number of benzene rings is 3. The number of aromatic hydroxyl groups is 2. The number of phenols is 2. The van der Waals surface area contributed by atoms with Gasteiger partial charge in [0.1, 0.15) is 24.2 Å². The van der Waals surface area contributed by atoms with Gasteiger partial charge in [-0.25, -0.2) is 0 Å². The Morgan fingerprint density at radius 1 is 0.679 bits per heavy atom. The van der Waals surface area contributed by atoms with Crippen molar-refractivity contribution < 1.29 is 67.8 Å². The summed E-state index contributed by atoms with van der Waals surface area (Å²) in [5, 5.41) is 80.9. The van der Waals surface area contributed by atoms with E-state index in [2.05, 4.69) is 10.6 Å². The molecule has 12 N–H and O–H groups in total. The van der Waals surface area contributed by atoms with Crippen LogP contribution < -0.4 is 20.1 Å². The van der Waals surface area contributed by atoms with Crippen LogP contribution in [0, 0.1) is 0 Å². The lowest BCUT2D eigenvalue weighted by atomic mass is 10.0. The summed E-state index contributed by atoms with van der Waals surface area (Å²) in [6.07, 6.45) is -2.17. The number of nitrogens with one attached hydrogen (secondary N) is 2. The van der Waals surface area contributed by atoms with Crippen molar-refractivity contribution in [3.8, 4) is 23.0 Å². The Balaban J connectivity index is 0.000000721. The molecule has 0 saturated heterocycles. The number of hydrogen-bond donors (Lipinski definition) is 12. The summed E-state index contributed by atoms with van der Waals surface area (Å²) in [5.74, 6) is 1.26. The van der Waals surface area contributed by atoms with Crippen LogP contribution in [-0.2, 0) is 23.6 Å². The number of aliphatic hydroxyl groups excluding tert-OH is 6. The Morgan fingerprint density at radius 2 is 1.06 bits per heavy atom. The van der Waals surface area contributed by atoms with E-state index in [0.29, 0.717) is 46.8 Å². The van der Waals surface area contributed by atoms with E-state index in [-0.39, 0.29) is 49.0 Å². The molecule has 0 aliphatic heterocycles. The summed E-state index contributed by atoms with van der Waals surface area (Å²) >= 11 is 0. The van der Waals surface area contributed by atoms with Crippen LogP contribution in [0.25, 0.3) is 0 Å². The standard InChI is InChI=1S/2C13H21NO3.C10H14O4.H2O4S/c2*1-13(2,3)14-7-12(17)9-4-5-11(16)10(6-9)8-15;1-13-9-4-2-3-5-10(9)14-7-8(12)6-11;1-5(2,3)4/h2*4-6,12,14-17H,7-8H2,1-3H3;2-5,8,11-12H,6-7H2,1H3;(H2,1,2,3,4). The van der Waals surface area contributed by atoms with E-state index in [1.807, 2.05) is 53.7 Å². The predicted octanol–water partition coefficient (Wildman–Crippen LogP) is 2.39. The Morgan fingerprint density at radius 3 is 1.38 bits per heavy atom. The Bertz CT molecular complexity index is 1500. The Hall–Kier alpha value is -3.59. The maximum absolute atomic E-state index is 9.97. The molecule has 3 aromatic rings. The molecule has 0 amide bonds. The van der Waals surface area contributed by atoms with Gasteiger partial charge in [-0.05, 0) is 89.1 Å². The van der Waals surface area contributed by atoms with Gasteiger partial charge in [0.25, 0.3) is 0 Å². The van der Waals surface area contributed by atoms with Gasteiger partial charge in [0, 0.05) is 35.3 Å². The quantitative estimate of drug-likeness (QED) is 0.111. The van der Waals surface area contributed by atoms with Crippen molar-refractivity contribution in [2.45, 2.75) is 84.1 Å². The number of hydrogen-bond acceptors (Lipinski definition) is 14. The van der Waals surface area contributed by atoms with E-state index in [0.717, 1.165) is 0 Å². The maximum atomic E-state index is 9.97. The lowest BCUT2D eigenvalue weighted by molar-refractivity contribution is 0.0527. The monoisotopic (exact) mass is 774 g/mol. The minimum atomic E-state index is -4.67. The normalized spacial score (nSPS) is 13.1. The minimum Gasteiger partial charge on any atom is -0.508 e. The van der Waals surface area contributed by atoms with E-state index in [1.165, 1.54) is 12.1 Å². The fourth-order valence-corrected chi connectivity index (χ4v) is 3.90. The predicted molar refractivity (Wildman–Crippen MR) is 199 cm³/mol. The minimum absolute atomic E-state index is 0.0484. The fourth-order valence-electron chi connectivity index (χ4n) is 3.90. The highest BCUT2D eigenvalue weighted by Gasteiger charge is 2.16. The van der Waals surface area contributed by atoms with Gasteiger partial charge in [-0.15, -0.1) is 0 Å². The number of methoxy groups -OCH3 is 1. The zero-order valence-electron chi connectivity index (χ0n) is 31.3. The summed E-state index contributed by atoms with van der Waals surface area (Å²) in [5.41, 5.74) is 2.11. The zero-order valence-corrected chi connectivity index (χ0v) is 32.1. The molecule has 3 unspecified atom stereocenters. The first kappa shape index (κ1) is 49.4. The van der Waals surface area contributed by atoms with Gasteiger partial charge in [-0.2, -0.15) is 8.42 Å². The molecular weight excluding hydrogens is 716 g/mol. The van der Waals surface area contributed by atoms with Crippen molar-refractivity contribution in [1.82, 2.24) is 10.6 Å². The van der Waals surface area contributed by atoms with Crippen molar-refractivity contribution in [3.63, 3.8) is 0 Å². The molecule has 0 fully saturated rings. The molecule has 0 saturated carbocycles. The number of aliphatic hydroxyl groups is 6. The van der Waals surface area contributed by atoms with Gasteiger partial charge in [0.15, 0.2) is 11.5 Å². The number of ether oxygens (including phenoxy) is 2. The molecule has 0 radical (unpaired) electrons. The van der Waals surface area contributed by atoms with Crippen LogP contribution in [0.1, 0.15) is 76.0 Å². The van der Waals surface area contributed by atoms with Gasteiger partial charge in [-0.3, -0.25) is 9.11 Å². The van der Waals surface area contributed by atoms with E-state index < -0.39 is 28.7 Å². The van der Waals surface area contributed by atoms with Crippen LogP contribution >= 0.6 is 0 Å². The van der Waals surface area contributed by atoms with E-state index >= 15 is 0 Å². The summed E-state index contributed by atoms with van der Waals surface area (Å²) < 4.78 is 41.9. The van der Waals surface area contributed by atoms with Crippen LogP contribution in [0.2, 0.25) is 0 Å². The molecule has 17 heteroatoms. The molecule has 0 aromatic heterocycles. The third kappa shape index (κ3) is 23.6. The van der Waals surface area contributed by atoms with Gasteiger partial charge >= 0.3 is 10.4 Å². The summed E-state index contributed by atoms with van der Waals surface area (Å²) in [7, 11) is -3.12. The molecule has 302 valence electrons. The third-order valence-corrected chi connectivity index (χ3v) is 6.68. The van der Waals surface area contributed by atoms with Crippen LogP contribution in [0.3, 0.4) is 0 Å².